The highest BCUT2D eigenvalue weighted by molar-refractivity contribution is 6.30. The molecule has 1 atom stereocenters. The number of rotatable bonds is 3. The van der Waals surface area contributed by atoms with Crippen molar-refractivity contribution in [2.75, 3.05) is 6.54 Å². The maximum atomic E-state index is 10.5. The van der Waals surface area contributed by atoms with Crippen LogP contribution in [0.3, 0.4) is 0 Å². The van der Waals surface area contributed by atoms with Gasteiger partial charge in [0.25, 0.3) is 0 Å². The molecule has 0 aliphatic heterocycles. The van der Waals surface area contributed by atoms with E-state index in [1.54, 1.807) is 0 Å². The fourth-order valence-corrected chi connectivity index (χ4v) is 2.90. The smallest absolute Gasteiger partial charge is 0.0858 e. The van der Waals surface area contributed by atoms with Crippen molar-refractivity contribution >= 4 is 11.6 Å². The van der Waals surface area contributed by atoms with Gasteiger partial charge in [-0.2, -0.15) is 0 Å². The van der Waals surface area contributed by atoms with E-state index in [1.165, 1.54) is 0 Å². The monoisotopic (exact) mass is 239 g/mol. The van der Waals surface area contributed by atoms with Crippen LogP contribution in [0.25, 0.3) is 0 Å². The van der Waals surface area contributed by atoms with Gasteiger partial charge in [-0.1, -0.05) is 36.6 Å². The van der Waals surface area contributed by atoms with Crippen molar-refractivity contribution in [1.29, 1.82) is 0 Å². The van der Waals surface area contributed by atoms with Gasteiger partial charge in [0.05, 0.1) is 6.10 Å². The van der Waals surface area contributed by atoms with E-state index in [0.29, 0.717) is 11.6 Å². The summed E-state index contributed by atoms with van der Waals surface area (Å²) in [5.74, 6) is 0. The highest BCUT2D eigenvalue weighted by Crippen LogP contribution is 2.46. The van der Waals surface area contributed by atoms with E-state index in [-0.39, 0.29) is 5.41 Å². The van der Waals surface area contributed by atoms with Gasteiger partial charge >= 0.3 is 0 Å². The molecule has 0 heterocycles. The minimum absolute atomic E-state index is 0.134. The van der Waals surface area contributed by atoms with Gasteiger partial charge in [0, 0.05) is 17.0 Å². The first-order chi connectivity index (χ1) is 7.68. The molecule has 0 spiro atoms. The molecule has 0 amide bonds. The van der Waals surface area contributed by atoms with Gasteiger partial charge in [-0.05, 0) is 30.5 Å². The lowest BCUT2D eigenvalue weighted by Gasteiger charge is -2.33. The summed E-state index contributed by atoms with van der Waals surface area (Å²) < 4.78 is 0. The Balaban J connectivity index is 2.26. The minimum atomic E-state index is -0.487. The van der Waals surface area contributed by atoms with Crippen molar-refractivity contribution in [3.05, 3.63) is 34.9 Å². The van der Waals surface area contributed by atoms with Crippen LogP contribution in [0.2, 0.25) is 5.02 Å². The molecule has 1 aromatic rings. The molecule has 3 N–H and O–H groups in total. The Kier molecular flexibility index (Phi) is 3.53. The Labute approximate surface area is 101 Å². The van der Waals surface area contributed by atoms with E-state index in [0.717, 1.165) is 31.2 Å². The average Bonchev–Trinajstić information content (AvgIpc) is 2.78. The molecular formula is C13H18ClNO. The lowest BCUT2D eigenvalue weighted by molar-refractivity contribution is 0.0333. The lowest BCUT2D eigenvalue weighted by atomic mass is 9.77. The second-order valence-corrected chi connectivity index (χ2v) is 5.17. The maximum absolute atomic E-state index is 10.5. The summed E-state index contributed by atoms with van der Waals surface area (Å²) in [4.78, 5) is 0. The lowest BCUT2D eigenvalue weighted by Crippen LogP contribution is -2.34. The molecule has 1 unspecified atom stereocenters. The van der Waals surface area contributed by atoms with Gasteiger partial charge in [0.15, 0.2) is 0 Å². The quantitative estimate of drug-likeness (QED) is 0.852. The van der Waals surface area contributed by atoms with Gasteiger partial charge in [0.2, 0.25) is 0 Å². The molecule has 3 heteroatoms. The molecule has 1 fully saturated rings. The third-order valence-electron chi connectivity index (χ3n) is 3.75. The highest BCUT2D eigenvalue weighted by atomic mass is 35.5. The zero-order valence-electron chi connectivity index (χ0n) is 9.32. The minimum Gasteiger partial charge on any atom is -0.388 e. The van der Waals surface area contributed by atoms with Crippen molar-refractivity contribution < 1.29 is 5.11 Å². The molecule has 1 saturated carbocycles. The first kappa shape index (κ1) is 11.9. The van der Waals surface area contributed by atoms with E-state index in [1.807, 2.05) is 24.3 Å². The number of aliphatic hydroxyl groups excluding tert-OH is 1. The SMILES string of the molecule is NCC1(C(O)c2cccc(Cl)c2)CCCC1. The molecule has 0 aromatic heterocycles. The predicted molar refractivity (Wildman–Crippen MR) is 66.4 cm³/mol. The van der Waals surface area contributed by atoms with Crippen LogP contribution < -0.4 is 5.73 Å². The molecule has 1 aliphatic carbocycles. The molecule has 2 nitrogen and oxygen atoms in total. The number of benzene rings is 1. The van der Waals surface area contributed by atoms with Gasteiger partial charge in [0.1, 0.15) is 0 Å². The second-order valence-electron chi connectivity index (χ2n) is 4.73. The zero-order chi connectivity index (χ0) is 11.6. The molecule has 1 aliphatic rings. The van der Waals surface area contributed by atoms with E-state index in [9.17, 15) is 5.11 Å². The molecule has 88 valence electrons. The summed E-state index contributed by atoms with van der Waals surface area (Å²) in [6, 6.07) is 7.45. The van der Waals surface area contributed by atoms with E-state index < -0.39 is 6.10 Å². The summed E-state index contributed by atoms with van der Waals surface area (Å²) in [5, 5.41) is 11.1. The fraction of sp³-hybridized carbons (Fsp3) is 0.538. The van der Waals surface area contributed by atoms with Gasteiger partial charge in [-0.15, -0.1) is 0 Å². The van der Waals surface area contributed by atoms with Crippen molar-refractivity contribution in [2.24, 2.45) is 11.1 Å². The number of hydrogen-bond acceptors (Lipinski definition) is 2. The summed E-state index contributed by atoms with van der Waals surface area (Å²) in [6.07, 6.45) is 3.86. The third-order valence-corrected chi connectivity index (χ3v) is 3.99. The Morgan fingerprint density at radius 1 is 1.38 bits per heavy atom. The van der Waals surface area contributed by atoms with Crippen molar-refractivity contribution in [1.82, 2.24) is 0 Å². The van der Waals surface area contributed by atoms with Crippen LogP contribution >= 0.6 is 11.6 Å². The molecular weight excluding hydrogens is 222 g/mol. The van der Waals surface area contributed by atoms with Gasteiger partial charge in [-0.25, -0.2) is 0 Å². The molecule has 0 saturated heterocycles. The summed E-state index contributed by atoms with van der Waals surface area (Å²) >= 11 is 5.94. The Hall–Kier alpha value is -0.570. The average molecular weight is 240 g/mol. The molecule has 0 bridgehead atoms. The van der Waals surface area contributed by atoms with Crippen LogP contribution in [0.5, 0.6) is 0 Å². The second kappa shape index (κ2) is 4.74. The summed E-state index contributed by atoms with van der Waals surface area (Å²) in [6.45, 7) is 0.542. The number of hydrogen-bond donors (Lipinski definition) is 2. The normalized spacial score (nSPS) is 20.9. The molecule has 0 radical (unpaired) electrons. The maximum Gasteiger partial charge on any atom is 0.0858 e. The summed E-state index contributed by atoms with van der Waals surface area (Å²) in [5.41, 5.74) is 6.61. The van der Waals surface area contributed by atoms with Crippen molar-refractivity contribution in [2.45, 2.75) is 31.8 Å². The third kappa shape index (κ3) is 2.10. The van der Waals surface area contributed by atoms with Crippen LogP contribution in [0, 0.1) is 5.41 Å². The fourth-order valence-electron chi connectivity index (χ4n) is 2.70. The molecule has 2 rings (SSSR count). The number of nitrogens with two attached hydrogens (primary N) is 1. The largest absolute Gasteiger partial charge is 0.388 e. The Morgan fingerprint density at radius 3 is 2.62 bits per heavy atom. The van der Waals surface area contributed by atoms with E-state index in [4.69, 9.17) is 17.3 Å². The standard InChI is InChI=1S/C13H18ClNO/c14-11-5-3-4-10(8-11)12(16)13(9-15)6-1-2-7-13/h3-5,8,12,16H,1-2,6-7,9,15H2. The van der Waals surface area contributed by atoms with E-state index >= 15 is 0 Å². The Morgan fingerprint density at radius 2 is 2.06 bits per heavy atom. The zero-order valence-corrected chi connectivity index (χ0v) is 10.1. The predicted octanol–water partition coefficient (Wildman–Crippen LogP) is 2.89. The van der Waals surface area contributed by atoms with Crippen LogP contribution in [0.1, 0.15) is 37.4 Å². The molecule has 1 aromatic carbocycles. The first-order valence-electron chi connectivity index (χ1n) is 5.81. The number of aliphatic hydroxyl groups is 1. The van der Waals surface area contributed by atoms with Crippen LogP contribution in [-0.4, -0.2) is 11.7 Å². The first-order valence-corrected chi connectivity index (χ1v) is 6.19. The van der Waals surface area contributed by atoms with Gasteiger partial charge < -0.3 is 10.8 Å². The number of halogens is 1. The van der Waals surface area contributed by atoms with Crippen LogP contribution in [0.15, 0.2) is 24.3 Å². The van der Waals surface area contributed by atoms with Crippen molar-refractivity contribution in [3.63, 3.8) is 0 Å². The topological polar surface area (TPSA) is 46.2 Å². The van der Waals surface area contributed by atoms with Gasteiger partial charge in [-0.3, -0.25) is 0 Å². The van der Waals surface area contributed by atoms with Crippen molar-refractivity contribution in [3.8, 4) is 0 Å². The highest BCUT2D eigenvalue weighted by Gasteiger charge is 2.40. The Bertz CT molecular complexity index is 361. The molecule has 16 heavy (non-hydrogen) atoms. The van der Waals surface area contributed by atoms with Crippen LogP contribution in [0.4, 0.5) is 0 Å². The van der Waals surface area contributed by atoms with E-state index in [2.05, 4.69) is 0 Å². The van der Waals surface area contributed by atoms with Crippen LogP contribution in [-0.2, 0) is 0 Å². The summed E-state index contributed by atoms with van der Waals surface area (Å²) in [7, 11) is 0.